The molecular formula is C16H15NO4. The molecule has 0 aliphatic carbocycles. The van der Waals surface area contributed by atoms with E-state index in [2.05, 4.69) is 5.32 Å². The second-order valence-corrected chi connectivity index (χ2v) is 4.47. The Bertz CT molecular complexity index is 653. The van der Waals surface area contributed by atoms with Gasteiger partial charge in [0.15, 0.2) is 0 Å². The number of carbonyl (C=O) groups is 2. The first kappa shape index (κ1) is 14.6. The van der Waals surface area contributed by atoms with Crippen molar-refractivity contribution in [1.29, 1.82) is 0 Å². The number of carboxylic acids is 1. The Balaban J connectivity index is 2.16. The van der Waals surface area contributed by atoms with Crippen LogP contribution in [-0.4, -0.2) is 17.0 Å². The van der Waals surface area contributed by atoms with E-state index in [1.54, 1.807) is 6.07 Å². The second-order valence-electron chi connectivity index (χ2n) is 4.47. The molecule has 0 aliphatic rings. The molecule has 2 rings (SSSR count). The molecule has 0 atom stereocenters. The predicted octanol–water partition coefficient (Wildman–Crippen LogP) is 2.92. The lowest BCUT2D eigenvalue weighted by atomic mass is 10.1. The Kier molecular flexibility index (Phi) is 4.56. The maximum atomic E-state index is 11.2. The van der Waals surface area contributed by atoms with Crippen molar-refractivity contribution in [3.63, 3.8) is 0 Å². The van der Waals surface area contributed by atoms with Crippen LogP contribution in [0, 0.1) is 0 Å². The highest BCUT2D eigenvalue weighted by Crippen LogP contribution is 2.23. The minimum atomic E-state index is -1.12. The summed E-state index contributed by atoms with van der Waals surface area (Å²) >= 11 is 0. The molecule has 0 aromatic heterocycles. The van der Waals surface area contributed by atoms with Gasteiger partial charge in [0, 0.05) is 6.92 Å². The number of hydrogen-bond acceptors (Lipinski definition) is 3. The molecule has 0 saturated heterocycles. The van der Waals surface area contributed by atoms with Crippen LogP contribution in [0.4, 0.5) is 5.69 Å². The number of hydrogen-bond donors (Lipinski definition) is 2. The lowest BCUT2D eigenvalue weighted by Gasteiger charge is -2.10. The van der Waals surface area contributed by atoms with Crippen molar-refractivity contribution in [2.75, 3.05) is 5.32 Å². The van der Waals surface area contributed by atoms with Crippen molar-refractivity contribution >= 4 is 17.6 Å². The smallest absolute Gasteiger partial charge is 0.337 e. The Hall–Kier alpha value is -2.82. The maximum absolute atomic E-state index is 11.2. The van der Waals surface area contributed by atoms with Crippen LogP contribution in [0.3, 0.4) is 0 Å². The Labute approximate surface area is 122 Å². The van der Waals surface area contributed by atoms with Gasteiger partial charge in [0.1, 0.15) is 12.4 Å². The van der Waals surface area contributed by atoms with Gasteiger partial charge in [-0.25, -0.2) is 4.79 Å². The van der Waals surface area contributed by atoms with Crippen LogP contribution >= 0.6 is 0 Å². The molecule has 2 N–H and O–H groups in total. The number of amides is 1. The largest absolute Gasteiger partial charge is 0.489 e. The fourth-order valence-electron chi connectivity index (χ4n) is 1.83. The van der Waals surface area contributed by atoms with Gasteiger partial charge in [-0.05, 0) is 23.8 Å². The molecule has 2 aromatic carbocycles. The third kappa shape index (κ3) is 4.07. The topological polar surface area (TPSA) is 75.6 Å². The van der Waals surface area contributed by atoms with Gasteiger partial charge in [-0.2, -0.15) is 0 Å². The molecule has 0 heterocycles. The minimum Gasteiger partial charge on any atom is -0.489 e. The maximum Gasteiger partial charge on any atom is 0.337 e. The number of rotatable bonds is 5. The van der Waals surface area contributed by atoms with Crippen molar-refractivity contribution in [1.82, 2.24) is 0 Å². The third-order valence-corrected chi connectivity index (χ3v) is 2.78. The van der Waals surface area contributed by atoms with E-state index in [4.69, 9.17) is 4.74 Å². The van der Waals surface area contributed by atoms with Crippen LogP contribution in [0.1, 0.15) is 22.8 Å². The highest BCUT2D eigenvalue weighted by Gasteiger charge is 2.12. The Morgan fingerprint density at radius 1 is 1.14 bits per heavy atom. The summed E-state index contributed by atoms with van der Waals surface area (Å²) in [6.07, 6.45) is 0. The van der Waals surface area contributed by atoms with E-state index in [1.807, 2.05) is 30.3 Å². The van der Waals surface area contributed by atoms with E-state index in [0.717, 1.165) is 5.56 Å². The number of anilines is 1. The third-order valence-electron chi connectivity index (χ3n) is 2.78. The number of aromatic carboxylic acids is 1. The number of nitrogens with one attached hydrogen (secondary N) is 1. The van der Waals surface area contributed by atoms with Gasteiger partial charge in [0.25, 0.3) is 0 Å². The monoisotopic (exact) mass is 285 g/mol. The highest BCUT2D eigenvalue weighted by molar-refractivity contribution is 6.00. The van der Waals surface area contributed by atoms with Gasteiger partial charge in [0.2, 0.25) is 5.91 Å². The zero-order valence-corrected chi connectivity index (χ0v) is 11.5. The van der Waals surface area contributed by atoms with E-state index < -0.39 is 5.97 Å². The standard InChI is InChI=1S/C16H15NO4/c1-11(18)17-15-8-7-13(9-14(15)16(19)20)21-10-12-5-3-2-4-6-12/h2-9H,10H2,1H3,(H,17,18)(H,19,20). The first-order valence-corrected chi connectivity index (χ1v) is 6.38. The molecule has 2 aromatic rings. The molecule has 0 radical (unpaired) electrons. The quantitative estimate of drug-likeness (QED) is 0.885. The zero-order valence-electron chi connectivity index (χ0n) is 11.5. The first-order chi connectivity index (χ1) is 10.1. The SMILES string of the molecule is CC(=O)Nc1ccc(OCc2ccccc2)cc1C(=O)O. The van der Waals surface area contributed by atoms with Gasteiger partial charge < -0.3 is 15.2 Å². The van der Waals surface area contributed by atoms with Gasteiger partial charge in [-0.15, -0.1) is 0 Å². The van der Waals surface area contributed by atoms with Crippen molar-refractivity contribution in [2.24, 2.45) is 0 Å². The lowest BCUT2D eigenvalue weighted by molar-refractivity contribution is -0.114. The molecule has 5 nitrogen and oxygen atoms in total. The van der Waals surface area contributed by atoms with Crippen molar-refractivity contribution in [2.45, 2.75) is 13.5 Å². The molecule has 0 unspecified atom stereocenters. The Morgan fingerprint density at radius 3 is 2.48 bits per heavy atom. The van der Waals surface area contributed by atoms with E-state index >= 15 is 0 Å². The van der Waals surface area contributed by atoms with Crippen molar-refractivity contribution in [3.05, 3.63) is 59.7 Å². The molecule has 21 heavy (non-hydrogen) atoms. The van der Waals surface area contributed by atoms with Crippen molar-refractivity contribution in [3.8, 4) is 5.75 Å². The van der Waals surface area contributed by atoms with E-state index in [9.17, 15) is 14.7 Å². The predicted molar refractivity (Wildman–Crippen MR) is 78.5 cm³/mol. The summed E-state index contributed by atoms with van der Waals surface area (Å²) in [4.78, 5) is 22.3. The fraction of sp³-hybridized carbons (Fsp3) is 0.125. The van der Waals surface area contributed by atoms with Crippen LogP contribution in [0.2, 0.25) is 0 Å². The average molecular weight is 285 g/mol. The average Bonchev–Trinajstić information content (AvgIpc) is 2.46. The van der Waals surface area contributed by atoms with Crippen LogP contribution < -0.4 is 10.1 Å². The molecule has 0 spiro atoms. The lowest BCUT2D eigenvalue weighted by Crippen LogP contribution is -2.11. The molecular weight excluding hydrogens is 270 g/mol. The zero-order chi connectivity index (χ0) is 15.2. The molecule has 5 heteroatoms. The van der Waals surface area contributed by atoms with Crippen molar-refractivity contribution < 1.29 is 19.4 Å². The van der Waals surface area contributed by atoms with Gasteiger partial charge in [-0.3, -0.25) is 4.79 Å². The summed E-state index contributed by atoms with van der Waals surface area (Å²) in [5.74, 6) is -1.01. The highest BCUT2D eigenvalue weighted by atomic mass is 16.5. The summed E-state index contributed by atoms with van der Waals surface area (Å²) < 4.78 is 5.57. The summed E-state index contributed by atoms with van der Waals surface area (Å²) in [6, 6.07) is 14.1. The number of carbonyl (C=O) groups excluding carboxylic acids is 1. The number of ether oxygens (including phenoxy) is 1. The molecule has 0 saturated carbocycles. The first-order valence-electron chi connectivity index (χ1n) is 6.38. The number of benzene rings is 2. The molecule has 108 valence electrons. The Morgan fingerprint density at radius 2 is 1.86 bits per heavy atom. The van der Waals surface area contributed by atoms with Crippen LogP contribution in [0.5, 0.6) is 5.75 Å². The van der Waals surface area contributed by atoms with Crippen LogP contribution in [-0.2, 0) is 11.4 Å². The summed E-state index contributed by atoms with van der Waals surface area (Å²) in [5.41, 5.74) is 1.23. The van der Waals surface area contributed by atoms with Gasteiger partial charge in [0.05, 0.1) is 11.3 Å². The molecule has 0 bridgehead atoms. The normalized spacial score (nSPS) is 9.95. The second kappa shape index (κ2) is 6.56. The number of carboxylic acid groups (broad SMARTS) is 1. The van der Waals surface area contributed by atoms with Crippen LogP contribution in [0.25, 0.3) is 0 Å². The van der Waals surface area contributed by atoms with Crippen LogP contribution in [0.15, 0.2) is 48.5 Å². The summed E-state index contributed by atoms with van der Waals surface area (Å²) in [7, 11) is 0. The van der Waals surface area contributed by atoms with Gasteiger partial charge in [-0.1, -0.05) is 30.3 Å². The van der Waals surface area contributed by atoms with E-state index in [0.29, 0.717) is 12.4 Å². The summed E-state index contributed by atoms with van der Waals surface area (Å²) in [5, 5.41) is 11.7. The fourth-order valence-corrected chi connectivity index (χ4v) is 1.83. The minimum absolute atomic E-state index is 0.00392. The van der Waals surface area contributed by atoms with Gasteiger partial charge >= 0.3 is 5.97 Å². The molecule has 1 amide bonds. The van der Waals surface area contributed by atoms with E-state index in [1.165, 1.54) is 19.1 Å². The molecule has 0 aliphatic heterocycles. The van der Waals surface area contributed by atoms with E-state index in [-0.39, 0.29) is 17.2 Å². The molecule has 0 fully saturated rings. The summed E-state index contributed by atoms with van der Waals surface area (Å²) in [6.45, 7) is 1.67.